The van der Waals surface area contributed by atoms with E-state index in [1.165, 1.54) is 18.2 Å². The number of phenolic OH excluding ortho intramolecular Hbond substituents is 1. The molecule has 1 aromatic carbocycles. The first-order chi connectivity index (χ1) is 7.65. The monoisotopic (exact) mass is 218 g/mol. The van der Waals surface area contributed by atoms with Gasteiger partial charge in [-0.25, -0.2) is 4.79 Å². The number of hydrogen-bond donors (Lipinski definition) is 2. The van der Waals surface area contributed by atoms with Crippen molar-refractivity contribution in [3.63, 3.8) is 0 Å². The molecule has 3 rings (SSSR count). The first kappa shape index (κ1) is 8.84. The minimum absolute atomic E-state index is 0.0619. The second-order valence-corrected chi connectivity index (χ2v) is 3.42. The Morgan fingerprint density at radius 3 is 2.69 bits per heavy atom. The molecule has 3 aromatic rings. The van der Waals surface area contributed by atoms with E-state index in [0.29, 0.717) is 16.4 Å². The Bertz CT molecular complexity index is 750. The van der Waals surface area contributed by atoms with Gasteiger partial charge < -0.3 is 19.0 Å². The van der Waals surface area contributed by atoms with Gasteiger partial charge >= 0.3 is 5.63 Å². The van der Waals surface area contributed by atoms with Crippen molar-refractivity contribution in [3.05, 3.63) is 34.9 Å². The molecule has 5 nitrogen and oxygen atoms in total. The van der Waals surface area contributed by atoms with Crippen molar-refractivity contribution in [2.24, 2.45) is 0 Å². The van der Waals surface area contributed by atoms with Crippen LogP contribution in [0.5, 0.6) is 11.5 Å². The third-order valence-corrected chi connectivity index (χ3v) is 2.36. The van der Waals surface area contributed by atoms with Crippen LogP contribution in [0.1, 0.15) is 0 Å². The lowest BCUT2D eigenvalue weighted by atomic mass is 10.1. The van der Waals surface area contributed by atoms with Gasteiger partial charge in [0.25, 0.3) is 0 Å². The lowest BCUT2D eigenvalue weighted by molar-refractivity contribution is 0.444. The maximum atomic E-state index is 11.1. The van der Waals surface area contributed by atoms with Gasteiger partial charge in [-0.15, -0.1) is 0 Å². The minimum atomic E-state index is -0.554. The van der Waals surface area contributed by atoms with Crippen LogP contribution in [0.2, 0.25) is 0 Å². The van der Waals surface area contributed by atoms with E-state index in [4.69, 9.17) is 8.83 Å². The Labute approximate surface area is 88.1 Å². The van der Waals surface area contributed by atoms with Crippen molar-refractivity contribution in [2.75, 3.05) is 0 Å². The summed E-state index contributed by atoms with van der Waals surface area (Å²) in [6, 6.07) is 4.02. The van der Waals surface area contributed by atoms with Gasteiger partial charge in [0.1, 0.15) is 11.8 Å². The van der Waals surface area contributed by atoms with Crippen LogP contribution in [0.15, 0.2) is 38.1 Å². The topological polar surface area (TPSA) is 83.8 Å². The fourth-order valence-corrected chi connectivity index (χ4v) is 1.71. The number of aromatic hydroxyl groups is 2. The number of phenols is 1. The van der Waals surface area contributed by atoms with E-state index in [2.05, 4.69) is 0 Å². The molecule has 0 bridgehead atoms. The van der Waals surface area contributed by atoms with Gasteiger partial charge in [-0.05, 0) is 6.07 Å². The lowest BCUT2D eigenvalue weighted by Crippen LogP contribution is -1.84. The third-order valence-electron chi connectivity index (χ3n) is 2.36. The molecular formula is C11H6O5. The first-order valence-corrected chi connectivity index (χ1v) is 4.52. The van der Waals surface area contributed by atoms with Crippen molar-refractivity contribution in [1.29, 1.82) is 0 Å². The van der Waals surface area contributed by atoms with Gasteiger partial charge in [-0.1, -0.05) is 0 Å². The summed E-state index contributed by atoms with van der Waals surface area (Å²) < 4.78 is 9.90. The van der Waals surface area contributed by atoms with Gasteiger partial charge in [0.05, 0.1) is 0 Å². The van der Waals surface area contributed by atoms with Gasteiger partial charge in [0, 0.05) is 22.9 Å². The molecule has 0 atom stereocenters. The van der Waals surface area contributed by atoms with Gasteiger partial charge in [-0.2, -0.15) is 0 Å². The Kier molecular flexibility index (Phi) is 1.54. The summed E-state index contributed by atoms with van der Waals surface area (Å²) in [6.45, 7) is 0. The summed E-state index contributed by atoms with van der Waals surface area (Å²) in [6.07, 6.45) is 1.14. The van der Waals surface area contributed by atoms with Crippen molar-refractivity contribution < 1.29 is 19.0 Å². The third kappa shape index (κ3) is 1.08. The molecule has 16 heavy (non-hydrogen) atoms. The molecule has 80 valence electrons. The summed E-state index contributed by atoms with van der Waals surface area (Å²) in [7, 11) is 0. The summed E-state index contributed by atoms with van der Waals surface area (Å²) in [5.74, 6) is -0.229. The highest BCUT2D eigenvalue weighted by atomic mass is 16.4. The smallest absolute Gasteiger partial charge is 0.337 e. The predicted molar refractivity (Wildman–Crippen MR) is 55.6 cm³/mol. The summed E-state index contributed by atoms with van der Waals surface area (Å²) in [5, 5.41) is 19.8. The van der Waals surface area contributed by atoms with Crippen LogP contribution < -0.4 is 5.63 Å². The van der Waals surface area contributed by atoms with Gasteiger partial charge in [-0.3, -0.25) is 0 Å². The molecule has 0 saturated carbocycles. The molecule has 0 aliphatic rings. The molecule has 0 amide bonds. The first-order valence-electron chi connectivity index (χ1n) is 4.52. The highest BCUT2D eigenvalue weighted by Crippen LogP contribution is 2.33. The number of benzene rings is 1. The summed E-state index contributed by atoms with van der Waals surface area (Å²) in [4.78, 5) is 11.1. The van der Waals surface area contributed by atoms with E-state index in [1.807, 2.05) is 0 Å². The Balaban J connectivity index is 2.65. The van der Waals surface area contributed by atoms with E-state index in [1.54, 1.807) is 0 Å². The van der Waals surface area contributed by atoms with Crippen LogP contribution in [-0.2, 0) is 0 Å². The zero-order valence-electron chi connectivity index (χ0n) is 7.93. The van der Waals surface area contributed by atoms with Crippen molar-refractivity contribution in [3.8, 4) is 11.5 Å². The van der Waals surface area contributed by atoms with Crippen LogP contribution in [0.3, 0.4) is 0 Å². The fourth-order valence-electron chi connectivity index (χ4n) is 1.71. The maximum absolute atomic E-state index is 11.1. The Morgan fingerprint density at radius 1 is 1.06 bits per heavy atom. The summed E-state index contributed by atoms with van der Waals surface area (Å²) >= 11 is 0. The number of rotatable bonds is 0. The zero-order chi connectivity index (χ0) is 11.3. The summed E-state index contributed by atoms with van der Waals surface area (Å²) in [5.41, 5.74) is -0.0944. The minimum Gasteiger partial charge on any atom is -0.505 e. The molecule has 2 heterocycles. The molecule has 0 spiro atoms. The highest BCUT2D eigenvalue weighted by Gasteiger charge is 2.12. The number of fused-ring (bicyclic) bond motifs is 3. The molecule has 2 N–H and O–H groups in total. The zero-order valence-corrected chi connectivity index (χ0v) is 7.93. The maximum Gasteiger partial charge on any atom is 0.337 e. The van der Waals surface area contributed by atoms with Crippen molar-refractivity contribution in [1.82, 2.24) is 0 Å². The molecule has 0 fully saturated rings. The largest absolute Gasteiger partial charge is 0.505 e. The van der Waals surface area contributed by atoms with E-state index >= 15 is 0 Å². The van der Waals surface area contributed by atoms with Gasteiger partial charge in [0.2, 0.25) is 0 Å². The molecule has 2 aromatic heterocycles. The van der Waals surface area contributed by atoms with E-state index in [9.17, 15) is 15.0 Å². The SMILES string of the molecule is O=c1cc2c(o1)c(O)cc1occ(O)cc12. The van der Waals surface area contributed by atoms with Crippen molar-refractivity contribution >= 4 is 21.9 Å². The Morgan fingerprint density at radius 2 is 1.88 bits per heavy atom. The van der Waals surface area contributed by atoms with E-state index in [-0.39, 0.29) is 17.1 Å². The van der Waals surface area contributed by atoms with Crippen LogP contribution in [0.4, 0.5) is 0 Å². The molecule has 5 heteroatoms. The molecule has 0 radical (unpaired) electrons. The molecule has 0 aliphatic heterocycles. The number of hydrogen-bond acceptors (Lipinski definition) is 5. The average Bonchev–Trinajstić information content (AvgIpc) is 2.62. The number of furan rings is 1. The highest BCUT2D eigenvalue weighted by molar-refractivity contribution is 6.06. The molecule has 0 aliphatic carbocycles. The lowest BCUT2D eigenvalue weighted by Gasteiger charge is -2.00. The normalized spacial score (nSPS) is 11.2. The quantitative estimate of drug-likeness (QED) is 0.602. The standard InChI is InChI=1S/C11H6O5/c12-5-1-6-7-2-10(14)16-11(7)8(13)3-9(6)15-4-5/h1-4,12-13H. The molecule has 0 saturated heterocycles. The van der Waals surface area contributed by atoms with E-state index in [0.717, 1.165) is 6.26 Å². The van der Waals surface area contributed by atoms with Crippen LogP contribution in [0, 0.1) is 0 Å². The molecular weight excluding hydrogens is 212 g/mol. The Hall–Kier alpha value is -2.43. The van der Waals surface area contributed by atoms with Crippen LogP contribution >= 0.6 is 0 Å². The van der Waals surface area contributed by atoms with Crippen LogP contribution in [-0.4, -0.2) is 10.2 Å². The molecule has 0 unspecified atom stereocenters. The fraction of sp³-hybridized carbons (Fsp3) is 0. The average molecular weight is 218 g/mol. The predicted octanol–water partition coefficient (Wildman–Crippen LogP) is 1.95. The second-order valence-electron chi connectivity index (χ2n) is 3.42. The van der Waals surface area contributed by atoms with Crippen LogP contribution in [0.25, 0.3) is 21.9 Å². The second kappa shape index (κ2) is 2.79. The van der Waals surface area contributed by atoms with Gasteiger partial charge in [0.15, 0.2) is 17.1 Å². The van der Waals surface area contributed by atoms with Crippen molar-refractivity contribution in [2.45, 2.75) is 0 Å². The van der Waals surface area contributed by atoms with E-state index < -0.39 is 5.63 Å².